The Hall–Kier alpha value is -1.61. The van der Waals surface area contributed by atoms with Crippen molar-refractivity contribution in [3.63, 3.8) is 0 Å². The number of aromatic nitrogens is 2. The van der Waals surface area contributed by atoms with Crippen molar-refractivity contribution >= 4 is 0 Å². The van der Waals surface area contributed by atoms with Gasteiger partial charge in [-0.25, -0.2) is 4.98 Å². The van der Waals surface area contributed by atoms with Gasteiger partial charge in [-0.15, -0.1) is 0 Å². The van der Waals surface area contributed by atoms with Crippen molar-refractivity contribution < 1.29 is 0 Å². The van der Waals surface area contributed by atoms with E-state index in [9.17, 15) is 0 Å². The molecule has 0 saturated heterocycles. The van der Waals surface area contributed by atoms with Gasteiger partial charge in [0.25, 0.3) is 0 Å². The Balaban J connectivity index is 1.69. The van der Waals surface area contributed by atoms with E-state index in [2.05, 4.69) is 48.2 Å². The first-order chi connectivity index (χ1) is 10.2. The highest BCUT2D eigenvalue weighted by Crippen LogP contribution is 2.30. The van der Waals surface area contributed by atoms with Crippen LogP contribution in [-0.4, -0.2) is 34.6 Å². The fourth-order valence-corrected chi connectivity index (χ4v) is 3.62. The summed E-state index contributed by atoms with van der Waals surface area (Å²) in [5.41, 5.74) is 2.64. The average Bonchev–Trinajstić information content (AvgIpc) is 3.03. The first-order valence-corrected chi connectivity index (χ1v) is 7.98. The topological polar surface area (TPSA) is 21.1 Å². The zero-order valence-electron chi connectivity index (χ0n) is 13.1. The summed E-state index contributed by atoms with van der Waals surface area (Å²) in [5, 5.41) is 0. The molecule has 21 heavy (non-hydrogen) atoms. The van der Waals surface area contributed by atoms with Gasteiger partial charge in [0.05, 0.1) is 6.33 Å². The summed E-state index contributed by atoms with van der Waals surface area (Å²) in [4.78, 5) is 6.52. The molecular weight excluding hydrogens is 258 g/mol. The highest BCUT2D eigenvalue weighted by molar-refractivity contribution is 5.34. The van der Waals surface area contributed by atoms with Crippen LogP contribution < -0.4 is 0 Å². The maximum Gasteiger partial charge on any atom is 0.0991 e. The molecular formula is C18H25N3. The molecule has 3 rings (SSSR count). The standard InChI is InChI=1S/C18H25N3/c1-20(2)18-6-4-3-5-16(18)13-15-7-9-17(10-8-15)21-12-11-19-14-21/h7-12,14,16,18H,3-6,13H2,1-2H3. The molecule has 3 heteroatoms. The van der Waals surface area contributed by atoms with E-state index in [-0.39, 0.29) is 0 Å². The predicted molar refractivity (Wildman–Crippen MR) is 86.7 cm³/mol. The molecule has 1 heterocycles. The lowest BCUT2D eigenvalue weighted by molar-refractivity contribution is 0.155. The predicted octanol–water partition coefficient (Wildman–Crippen LogP) is 3.54. The molecule has 1 fully saturated rings. The van der Waals surface area contributed by atoms with E-state index in [1.165, 1.54) is 43.4 Å². The molecule has 0 aliphatic heterocycles. The number of benzene rings is 1. The van der Waals surface area contributed by atoms with Gasteiger partial charge in [0.2, 0.25) is 0 Å². The van der Waals surface area contributed by atoms with Crippen LogP contribution in [0.3, 0.4) is 0 Å². The highest BCUT2D eigenvalue weighted by Gasteiger charge is 2.26. The van der Waals surface area contributed by atoms with Crippen LogP contribution in [0.1, 0.15) is 31.2 Å². The van der Waals surface area contributed by atoms with Crippen molar-refractivity contribution in [3.8, 4) is 5.69 Å². The first kappa shape index (κ1) is 14.3. The lowest BCUT2D eigenvalue weighted by Crippen LogP contribution is -2.38. The molecule has 1 aromatic carbocycles. The minimum Gasteiger partial charge on any atom is -0.306 e. The zero-order chi connectivity index (χ0) is 14.7. The van der Waals surface area contributed by atoms with Crippen LogP contribution in [0.5, 0.6) is 0 Å². The summed E-state index contributed by atoms with van der Waals surface area (Å²) in [7, 11) is 4.45. The smallest absolute Gasteiger partial charge is 0.0991 e. The Morgan fingerprint density at radius 2 is 1.90 bits per heavy atom. The van der Waals surface area contributed by atoms with Crippen molar-refractivity contribution in [2.24, 2.45) is 5.92 Å². The third kappa shape index (κ3) is 3.35. The van der Waals surface area contributed by atoms with Gasteiger partial charge in [0.15, 0.2) is 0 Å². The largest absolute Gasteiger partial charge is 0.306 e. The Kier molecular flexibility index (Phi) is 4.39. The van der Waals surface area contributed by atoms with Gasteiger partial charge < -0.3 is 9.47 Å². The summed E-state index contributed by atoms with van der Waals surface area (Å²) in [6.07, 6.45) is 12.3. The van der Waals surface area contributed by atoms with E-state index in [1.807, 2.05) is 23.3 Å². The molecule has 0 radical (unpaired) electrons. The van der Waals surface area contributed by atoms with Gasteiger partial charge in [-0.1, -0.05) is 25.0 Å². The van der Waals surface area contributed by atoms with Gasteiger partial charge >= 0.3 is 0 Å². The maximum atomic E-state index is 4.10. The van der Waals surface area contributed by atoms with Gasteiger partial charge in [0, 0.05) is 24.1 Å². The van der Waals surface area contributed by atoms with E-state index in [1.54, 1.807) is 0 Å². The average molecular weight is 283 g/mol. The molecule has 3 nitrogen and oxygen atoms in total. The zero-order valence-corrected chi connectivity index (χ0v) is 13.1. The Labute approximate surface area is 127 Å². The monoisotopic (exact) mass is 283 g/mol. The van der Waals surface area contributed by atoms with Crippen molar-refractivity contribution in [2.45, 2.75) is 38.1 Å². The molecule has 0 bridgehead atoms. The molecule has 0 amide bonds. The second-order valence-corrected chi connectivity index (χ2v) is 6.42. The van der Waals surface area contributed by atoms with E-state index in [0.29, 0.717) is 0 Å². The summed E-state index contributed by atoms with van der Waals surface area (Å²) in [6, 6.07) is 9.69. The Morgan fingerprint density at radius 3 is 2.57 bits per heavy atom. The maximum absolute atomic E-state index is 4.10. The first-order valence-electron chi connectivity index (χ1n) is 7.98. The van der Waals surface area contributed by atoms with Gasteiger partial charge in [-0.3, -0.25) is 0 Å². The minimum atomic E-state index is 0.743. The SMILES string of the molecule is CN(C)C1CCCCC1Cc1ccc(-n2ccnc2)cc1. The van der Waals surface area contributed by atoms with Crippen molar-refractivity contribution in [1.29, 1.82) is 0 Å². The normalized spacial score (nSPS) is 22.6. The quantitative estimate of drug-likeness (QED) is 0.856. The molecule has 112 valence electrons. The number of imidazole rings is 1. The number of rotatable bonds is 4. The molecule has 1 saturated carbocycles. The summed E-state index contributed by atoms with van der Waals surface area (Å²) >= 11 is 0. The van der Waals surface area contributed by atoms with Crippen LogP contribution in [0.2, 0.25) is 0 Å². The van der Waals surface area contributed by atoms with Gasteiger partial charge in [-0.2, -0.15) is 0 Å². The van der Waals surface area contributed by atoms with E-state index in [0.717, 1.165) is 12.0 Å². The van der Waals surface area contributed by atoms with E-state index >= 15 is 0 Å². The number of hydrogen-bond acceptors (Lipinski definition) is 2. The van der Waals surface area contributed by atoms with E-state index < -0.39 is 0 Å². The number of hydrogen-bond donors (Lipinski definition) is 0. The highest BCUT2D eigenvalue weighted by atomic mass is 15.1. The second kappa shape index (κ2) is 6.44. The van der Waals surface area contributed by atoms with Crippen LogP contribution in [0.25, 0.3) is 5.69 Å². The molecule has 1 aliphatic rings. The van der Waals surface area contributed by atoms with Crippen LogP contribution in [0.15, 0.2) is 43.0 Å². The molecule has 2 aromatic rings. The molecule has 1 aromatic heterocycles. The van der Waals surface area contributed by atoms with Gasteiger partial charge in [-0.05, 0) is 57.0 Å². The van der Waals surface area contributed by atoms with Crippen molar-refractivity contribution in [2.75, 3.05) is 14.1 Å². The van der Waals surface area contributed by atoms with Crippen LogP contribution in [-0.2, 0) is 6.42 Å². The minimum absolute atomic E-state index is 0.743. The van der Waals surface area contributed by atoms with E-state index in [4.69, 9.17) is 0 Å². The van der Waals surface area contributed by atoms with Crippen LogP contribution in [0.4, 0.5) is 0 Å². The van der Waals surface area contributed by atoms with Crippen molar-refractivity contribution in [3.05, 3.63) is 48.5 Å². The van der Waals surface area contributed by atoms with Crippen molar-refractivity contribution in [1.82, 2.24) is 14.5 Å². The summed E-state index contributed by atoms with van der Waals surface area (Å²) in [6.45, 7) is 0. The second-order valence-electron chi connectivity index (χ2n) is 6.42. The van der Waals surface area contributed by atoms with Crippen LogP contribution in [0, 0.1) is 5.92 Å². The number of nitrogens with zero attached hydrogens (tertiary/aromatic N) is 3. The molecule has 0 N–H and O–H groups in total. The fourth-order valence-electron chi connectivity index (χ4n) is 3.62. The molecule has 2 unspecified atom stereocenters. The third-order valence-corrected chi connectivity index (χ3v) is 4.77. The summed E-state index contributed by atoms with van der Waals surface area (Å²) < 4.78 is 2.05. The lowest BCUT2D eigenvalue weighted by atomic mass is 9.80. The van der Waals surface area contributed by atoms with Crippen LogP contribution >= 0.6 is 0 Å². The Morgan fingerprint density at radius 1 is 1.14 bits per heavy atom. The molecule has 1 aliphatic carbocycles. The third-order valence-electron chi connectivity index (χ3n) is 4.77. The Bertz CT molecular complexity index is 542. The fraction of sp³-hybridized carbons (Fsp3) is 0.500. The molecule has 0 spiro atoms. The van der Waals surface area contributed by atoms with Gasteiger partial charge in [0.1, 0.15) is 0 Å². The molecule has 2 atom stereocenters. The lowest BCUT2D eigenvalue weighted by Gasteiger charge is -2.36. The summed E-state index contributed by atoms with van der Waals surface area (Å²) in [5.74, 6) is 0.799.